The quantitative estimate of drug-likeness (QED) is 0.215. The zero-order valence-corrected chi connectivity index (χ0v) is 22.2. The molecule has 0 atom stereocenters. The van der Waals surface area contributed by atoms with Crippen LogP contribution in [0.1, 0.15) is 31.2 Å². The van der Waals surface area contributed by atoms with Crippen molar-refractivity contribution >= 4 is 11.4 Å². The molecule has 3 aromatic carbocycles. The molecule has 0 N–H and O–H groups in total. The predicted octanol–water partition coefficient (Wildman–Crippen LogP) is 7.30. The van der Waals surface area contributed by atoms with Gasteiger partial charge in [-0.25, -0.2) is 4.98 Å². The predicted molar refractivity (Wildman–Crippen MR) is 144 cm³/mol. The lowest BCUT2D eigenvalue weighted by atomic mass is 10.1. The van der Waals surface area contributed by atoms with E-state index in [9.17, 15) is 13.2 Å². The summed E-state index contributed by atoms with van der Waals surface area (Å²) >= 11 is 0. The Hall–Kier alpha value is -4.18. The van der Waals surface area contributed by atoms with Crippen LogP contribution >= 0.6 is 0 Å². The van der Waals surface area contributed by atoms with Crippen molar-refractivity contribution in [3.8, 4) is 34.4 Å². The third-order valence-corrected chi connectivity index (χ3v) is 7.43. The largest absolute Gasteiger partial charge is 0.454 e. The first-order valence-electron chi connectivity index (χ1n) is 13.2. The Bertz CT molecular complexity index is 1480. The average Bonchev–Trinajstić information content (AvgIpc) is 3.69. The Morgan fingerprint density at radius 1 is 0.825 bits per heavy atom. The molecule has 208 valence electrons. The number of nitrogens with zero attached hydrogens (tertiary/aromatic N) is 3. The summed E-state index contributed by atoms with van der Waals surface area (Å²) < 4.78 is 68.0. The molecule has 0 unspecified atom stereocenters. The Labute approximate surface area is 229 Å². The smallest absolute Gasteiger partial charge is 0.435 e. The molecule has 0 amide bonds. The van der Waals surface area contributed by atoms with Crippen molar-refractivity contribution in [1.82, 2.24) is 14.0 Å². The number of unbranched alkanes of at least 4 members (excludes halogenated alkanes) is 1. The molecule has 0 radical (unpaired) electrons. The number of imidazole rings is 1. The van der Waals surface area contributed by atoms with E-state index in [0.717, 1.165) is 17.8 Å². The first-order valence-corrected chi connectivity index (χ1v) is 13.2. The van der Waals surface area contributed by atoms with Crippen molar-refractivity contribution in [2.45, 2.75) is 39.0 Å². The molecule has 40 heavy (non-hydrogen) atoms. The normalized spacial score (nSPS) is 14.1. The third kappa shape index (κ3) is 4.62. The maximum absolute atomic E-state index is 14.7. The molecule has 0 saturated heterocycles. The van der Waals surface area contributed by atoms with Gasteiger partial charge in [0.25, 0.3) is 0 Å². The minimum atomic E-state index is -4.65. The second-order valence-corrected chi connectivity index (χ2v) is 10.0. The van der Waals surface area contributed by atoms with Crippen molar-refractivity contribution in [2.75, 3.05) is 20.6 Å². The molecule has 0 fully saturated rings. The highest BCUT2D eigenvalue weighted by Crippen LogP contribution is 2.46. The fourth-order valence-corrected chi connectivity index (χ4v) is 5.25. The highest BCUT2D eigenvalue weighted by molar-refractivity contribution is 5.66. The van der Waals surface area contributed by atoms with Gasteiger partial charge in [0, 0.05) is 36.4 Å². The topological polar surface area (TPSA) is 54.7 Å². The Morgan fingerprint density at radius 2 is 1.40 bits per heavy atom. The van der Waals surface area contributed by atoms with Gasteiger partial charge in [0.15, 0.2) is 28.7 Å². The fourth-order valence-electron chi connectivity index (χ4n) is 5.25. The van der Waals surface area contributed by atoms with E-state index in [0.29, 0.717) is 47.4 Å². The van der Waals surface area contributed by atoms with Gasteiger partial charge in [0.2, 0.25) is 13.6 Å². The van der Waals surface area contributed by atoms with Crippen LogP contribution in [0.4, 0.5) is 24.5 Å². The number of alkyl halides is 3. The number of rotatable bonds is 8. The van der Waals surface area contributed by atoms with Crippen molar-refractivity contribution < 1.29 is 32.1 Å². The van der Waals surface area contributed by atoms with Crippen LogP contribution in [0.5, 0.6) is 23.0 Å². The van der Waals surface area contributed by atoms with Gasteiger partial charge in [0.1, 0.15) is 29.4 Å². The molecule has 0 aliphatic carbocycles. The summed E-state index contributed by atoms with van der Waals surface area (Å²) in [6, 6.07) is 20.0. The summed E-state index contributed by atoms with van der Waals surface area (Å²) in [7, 11) is 1.88. The summed E-state index contributed by atoms with van der Waals surface area (Å²) in [6.45, 7) is 2.58. The minimum absolute atomic E-state index is 0.0115. The molecule has 2 aliphatic rings. The fraction of sp³-hybridized carbons (Fsp3) is 0.300. The Kier molecular flexibility index (Phi) is 6.58. The molecule has 0 spiro atoms. The van der Waals surface area contributed by atoms with E-state index >= 15 is 0 Å². The molecular formula is C30H29F3N3O4+. The molecule has 6 rings (SSSR count). The average molecular weight is 553 g/mol. The van der Waals surface area contributed by atoms with Crippen LogP contribution in [0.15, 0.2) is 66.7 Å². The summed E-state index contributed by atoms with van der Waals surface area (Å²) in [4.78, 5) is 4.23. The van der Waals surface area contributed by atoms with Crippen LogP contribution in [0.3, 0.4) is 0 Å². The third-order valence-electron chi connectivity index (χ3n) is 7.43. The van der Waals surface area contributed by atoms with Gasteiger partial charge in [-0.15, -0.1) is 0 Å². The molecule has 0 saturated carbocycles. The van der Waals surface area contributed by atoms with E-state index < -0.39 is 11.9 Å². The van der Waals surface area contributed by atoms with Crippen molar-refractivity contribution in [1.29, 1.82) is 0 Å². The van der Waals surface area contributed by atoms with E-state index in [1.54, 1.807) is 41.0 Å². The summed E-state index contributed by atoms with van der Waals surface area (Å²) in [5, 5.41) is 0. The molecule has 3 heterocycles. The van der Waals surface area contributed by atoms with Gasteiger partial charge in [-0.2, -0.15) is 13.2 Å². The second kappa shape index (κ2) is 10.1. The Morgan fingerprint density at radius 3 is 1.95 bits per heavy atom. The maximum atomic E-state index is 14.7. The molecule has 2 aliphatic heterocycles. The van der Waals surface area contributed by atoms with Crippen LogP contribution < -0.4 is 23.4 Å². The van der Waals surface area contributed by atoms with Crippen LogP contribution in [0, 0.1) is 0 Å². The van der Waals surface area contributed by atoms with E-state index in [4.69, 9.17) is 18.9 Å². The van der Waals surface area contributed by atoms with Crippen molar-refractivity contribution in [3.63, 3.8) is 0 Å². The number of aromatic nitrogens is 2. The first kappa shape index (κ1) is 26.1. The maximum Gasteiger partial charge on any atom is 0.435 e. The molecular weight excluding hydrogens is 523 g/mol. The Balaban J connectivity index is 1.56. The molecule has 7 nitrogen and oxygen atoms in total. The lowest BCUT2D eigenvalue weighted by Gasteiger charge is -2.34. The number of quaternary nitrogens is 1. The molecule has 10 heteroatoms. The lowest BCUT2D eigenvalue weighted by Crippen LogP contribution is -2.40. The lowest BCUT2D eigenvalue weighted by molar-refractivity contribution is -0.141. The van der Waals surface area contributed by atoms with Crippen LogP contribution in [-0.2, 0) is 19.3 Å². The number of ether oxygens (including phenoxy) is 4. The summed E-state index contributed by atoms with van der Waals surface area (Å²) in [5.74, 6) is 2.58. The van der Waals surface area contributed by atoms with Crippen molar-refractivity contribution in [2.24, 2.45) is 0 Å². The van der Waals surface area contributed by atoms with E-state index in [1.165, 1.54) is 0 Å². The van der Waals surface area contributed by atoms with Gasteiger partial charge in [0.05, 0.1) is 7.05 Å². The number of hydrogen-bond donors (Lipinski definition) is 0. The van der Waals surface area contributed by atoms with Gasteiger partial charge in [-0.05, 0) is 18.6 Å². The first-order chi connectivity index (χ1) is 19.3. The number of halogens is 3. The molecule has 4 aromatic rings. The van der Waals surface area contributed by atoms with E-state index in [2.05, 4.69) is 4.98 Å². The molecule has 1 aromatic heterocycles. The van der Waals surface area contributed by atoms with E-state index in [1.807, 2.05) is 44.3 Å². The number of benzene rings is 3. The number of hydrogen-bond acceptors (Lipinski definition) is 5. The van der Waals surface area contributed by atoms with Gasteiger partial charge in [-0.3, -0.25) is 4.48 Å². The zero-order chi connectivity index (χ0) is 27.9. The summed E-state index contributed by atoms with van der Waals surface area (Å²) in [5.41, 5.74) is 1.31. The van der Waals surface area contributed by atoms with Crippen LogP contribution in [0.25, 0.3) is 11.4 Å². The standard InChI is InChI=1S/C30H29F3N3O4/c1-3-4-14-35-23(28(30(31,32)33)34-29(35)20-8-6-5-7-9-20)17-36(2,21-10-12-24-26(15-21)39-18-37-24)22-11-13-25-27(16-22)40-19-38-25/h5-13,15-16H,3-4,14,17-19H2,1-2H3/q+1. The molecule has 0 bridgehead atoms. The SMILES string of the molecule is CCCCn1c(-c2ccccc2)nc(C(F)(F)F)c1C[N+](C)(c1ccc2c(c1)OCO2)c1ccc2c(c1)OCO2. The highest BCUT2D eigenvalue weighted by atomic mass is 19.4. The minimum Gasteiger partial charge on any atom is -0.454 e. The second-order valence-electron chi connectivity index (χ2n) is 10.0. The van der Waals surface area contributed by atoms with Crippen LogP contribution in [-0.4, -0.2) is 30.2 Å². The zero-order valence-electron chi connectivity index (χ0n) is 22.2. The van der Waals surface area contributed by atoms with Crippen LogP contribution in [0.2, 0.25) is 0 Å². The van der Waals surface area contributed by atoms with Gasteiger partial charge in [-0.1, -0.05) is 43.7 Å². The monoisotopic (exact) mass is 552 g/mol. The summed E-state index contributed by atoms with van der Waals surface area (Å²) in [6.07, 6.45) is -3.12. The van der Waals surface area contributed by atoms with Crippen molar-refractivity contribution in [3.05, 3.63) is 78.1 Å². The van der Waals surface area contributed by atoms with E-state index in [-0.39, 0.29) is 30.3 Å². The highest BCUT2D eigenvalue weighted by Gasteiger charge is 2.43. The number of fused-ring (bicyclic) bond motifs is 2. The van der Waals surface area contributed by atoms with Gasteiger partial charge < -0.3 is 23.5 Å². The van der Waals surface area contributed by atoms with Gasteiger partial charge >= 0.3 is 6.18 Å².